The minimum absolute atomic E-state index is 0. The van der Waals surface area contributed by atoms with Gasteiger partial charge in [-0.2, -0.15) is 13.2 Å². The maximum absolute atomic E-state index is 12.1. The van der Waals surface area contributed by atoms with E-state index in [2.05, 4.69) is 20.4 Å². The van der Waals surface area contributed by atoms with E-state index in [-0.39, 0.29) is 29.7 Å². The first-order valence-corrected chi connectivity index (χ1v) is 8.81. The molecule has 0 saturated heterocycles. The monoisotopic (exact) mass is 523 g/mol. The van der Waals surface area contributed by atoms with E-state index in [1.807, 2.05) is 30.3 Å². The van der Waals surface area contributed by atoms with Crippen LogP contribution in [0.15, 0.2) is 59.6 Å². The molecule has 0 bridgehead atoms. The fourth-order valence-corrected chi connectivity index (χ4v) is 2.28. The molecule has 2 aromatic rings. The summed E-state index contributed by atoms with van der Waals surface area (Å²) in [5.74, 6) is 0.792. The average Bonchev–Trinajstić information content (AvgIpc) is 2.69. The third-order valence-corrected chi connectivity index (χ3v) is 3.66. The molecule has 5 nitrogen and oxygen atoms in total. The lowest BCUT2D eigenvalue weighted by atomic mass is 10.2. The van der Waals surface area contributed by atoms with Gasteiger partial charge in [0.15, 0.2) is 12.6 Å². The van der Waals surface area contributed by atoms with Crippen LogP contribution in [0.3, 0.4) is 0 Å². The molecule has 2 rings (SSSR count). The fraction of sp³-hybridized carbons (Fsp3) is 0.350. The van der Waals surface area contributed by atoms with Crippen LogP contribution in [-0.4, -0.2) is 38.9 Å². The van der Waals surface area contributed by atoms with Crippen LogP contribution in [0, 0.1) is 0 Å². The van der Waals surface area contributed by atoms with E-state index in [9.17, 15) is 13.2 Å². The molecule has 0 aromatic heterocycles. The van der Waals surface area contributed by atoms with E-state index < -0.39 is 12.8 Å². The van der Waals surface area contributed by atoms with Crippen LogP contribution < -0.4 is 15.4 Å². The molecule has 0 amide bonds. The maximum atomic E-state index is 12.1. The Morgan fingerprint density at radius 2 is 1.66 bits per heavy atom. The van der Waals surface area contributed by atoms with Crippen LogP contribution in [-0.2, 0) is 17.9 Å². The number of nitrogens with one attached hydrogen (secondary N) is 2. The molecule has 0 radical (unpaired) electrons. The zero-order valence-corrected chi connectivity index (χ0v) is 18.4. The Morgan fingerprint density at radius 1 is 0.966 bits per heavy atom. The van der Waals surface area contributed by atoms with Gasteiger partial charge in [0.25, 0.3) is 0 Å². The lowest BCUT2D eigenvalue weighted by molar-refractivity contribution is -0.153. The number of nitrogens with zero attached hydrogens (tertiary/aromatic N) is 1. The van der Waals surface area contributed by atoms with E-state index in [1.165, 1.54) is 12.1 Å². The first-order valence-electron chi connectivity index (χ1n) is 8.81. The highest BCUT2D eigenvalue weighted by atomic mass is 127. The van der Waals surface area contributed by atoms with E-state index in [0.29, 0.717) is 32.3 Å². The van der Waals surface area contributed by atoms with Crippen molar-refractivity contribution in [3.8, 4) is 5.75 Å². The molecular weight excluding hydrogens is 498 g/mol. The second kappa shape index (κ2) is 13.3. The van der Waals surface area contributed by atoms with Crippen molar-refractivity contribution in [2.75, 3.05) is 26.8 Å². The third kappa shape index (κ3) is 10.9. The van der Waals surface area contributed by atoms with E-state index >= 15 is 0 Å². The van der Waals surface area contributed by atoms with Gasteiger partial charge in [-0.1, -0.05) is 42.5 Å². The molecule has 160 valence electrons. The van der Waals surface area contributed by atoms with Crippen molar-refractivity contribution >= 4 is 29.9 Å². The number of hydrogen-bond donors (Lipinski definition) is 2. The lowest BCUT2D eigenvalue weighted by Gasteiger charge is -2.13. The number of ether oxygens (including phenoxy) is 2. The fourth-order valence-electron chi connectivity index (χ4n) is 2.28. The van der Waals surface area contributed by atoms with Gasteiger partial charge in [-0.25, -0.2) is 0 Å². The summed E-state index contributed by atoms with van der Waals surface area (Å²) in [7, 11) is 1.66. The molecule has 0 unspecified atom stereocenters. The number of benzene rings is 2. The molecule has 9 heteroatoms. The second-order valence-electron chi connectivity index (χ2n) is 5.94. The van der Waals surface area contributed by atoms with Crippen molar-refractivity contribution in [2.45, 2.75) is 19.3 Å². The highest BCUT2D eigenvalue weighted by molar-refractivity contribution is 14.0. The van der Waals surface area contributed by atoms with Gasteiger partial charge in [-0.15, -0.1) is 24.0 Å². The van der Waals surface area contributed by atoms with Crippen LogP contribution in [0.5, 0.6) is 5.75 Å². The molecule has 0 heterocycles. The van der Waals surface area contributed by atoms with Gasteiger partial charge in [0.2, 0.25) is 0 Å². The Balaban J connectivity index is 0.00000420. The second-order valence-corrected chi connectivity index (χ2v) is 5.94. The first kappa shape index (κ1) is 25.0. The summed E-state index contributed by atoms with van der Waals surface area (Å²) in [5.41, 5.74) is 2.01. The van der Waals surface area contributed by atoms with Gasteiger partial charge < -0.3 is 20.1 Å². The molecule has 29 heavy (non-hydrogen) atoms. The van der Waals surface area contributed by atoms with Gasteiger partial charge in [0.1, 0.15) is 5.75 Å². The zero-order chi connectivity index (χ0) is 20.2. The predicted octanol–water partition coefficient (Wildman–Crippen LogP) is 4.13. The summed E-state index contributed by atoms with van der Waals surface area (Å²) in [5, 5.41) is 6.27. The Labute approximate surface area is 185 Å². The van der Waals surface area contributed by atoms with Crippen LogP contribution in [0.1, 0.15) is 11.1 Å². The van der Waals surface area contributed by atoms with Crippen LogP contribution >= 0.6 is 24.0 Å². The van der Waals surface area contributed by atoms with Gasteiger partial charge in [0.05, 0.1) is 13.2 Å². The first-order chi connectivity index (χ1) is 13.5. The number of alkyl halides is 3. The van der Waals surface area contributed by atoms with Crippen molar-refractivity contribution in [3.63, 3.8) is 0 Å². The molecule has 0 saturated carbocycles. The molecule has 2 N–H and O–H groups in total. The largest absolute Gasteiger partial charge is 0.484 e. The highest BCUT2D eigenvalue weighted by Gasteiger charge is 2.28. The standard InChI is InChI=1S/C20H24F3N3O2.HI/c1-24-19(25-11-12-27-14-17-5-3-2-4-6-17)26-13-16-7-9-18(10-8-16)28-15-20(21,22)23;/h2-10H,11-15H2,1H3,(H2,24,25,26);1H. The van der Waals surface area contributed by atoms with Gasteiger partial charge in [-0.3, -0.25) is 4.99 Å². The molecule has 0 aliphatic rings. The summed E-state index contributed by atoms with van der Waals surface area (Å²) in [6, 6.07) is 16.3. The predicted molar refractivity (Wildman–Crippen MR) is 118 cm³/mol. The van der Waals surface area contributed by atoms with Crippen LogP contribution in [0.2, 0.25) is 0 Å². The minimum Gasteiger partial charge on any atom is -0.484 e. The van der Waals surface area contributed by atoms with Crippen molar-refractivity contribution in [3.05, 3.63) is 65.7 Å². The molecule has 0 aliphatic carbocycles. The Bertz CT molecular complexity index is 726. The molecule has 0 aliphatic heterocycles. The molecule has 0 atom stereocenters. The molecule has 0 fully saturated rings. The minimum atomic E-state index is -4.34. The van der Waals surface area contributed by atoms with E-state index in [1.54, 1.807) is 19.2 Å². The highest BCUT2D eigenvalue weighted by Crippen LogP contribution is 2.18. The zero-order valence-electron chi connectivity index (χ0n) is 16.0. The average molecular weight is 523 g/mol. The van der Waals surface area contributed by atoms with Crippen LogP contribution in [0.25, 0.3) is 0 Å². The Kier molecular flexibility index (Phi) is 11.4. The third-order valence-electron chi connectivity index (χ3n) is 3.66. The van der Waals surface area contributed by atoms with Gasteiger partial charge in [0, 0.05) is 20.1 Å². The smallest absolute Gasteiger partial charge is 0.422 e. The quantitative estimate of drug-likeness (QED) is 0.225. The van der Waals surface area contributed by atoms with E-state index in [4.69, 9.17) is 4.74 Å². The number of rotatable bonds is 9. The summed E-state index contributed by atoms with van der Waals surface area (Å²) in [6.07, 6.45) is -4.34. The van der Waals surface area contributed by atoms with Gasteiger partial charge in [-0.05, 0) is 23.3 Å². The normalized spacial score (nSPS) is 11.5. The summed E-state index contributed by atoms with van der Waals surface area (Å²) < 4.78 is 46.7. The van der Waals surface area contributed by atoms with Crippen molar-refractivity contribution < 1.29 is 22.6 Å². The van der Waals surface area contributed by atoms with E-state index in [0.717, 1.165) is 11.1 Å². The summed E-state index contributed by atoms with van der Waals surface area (Å²) in [6.45, 7) is 0.854. The Morgan fingerprint density at radius 3 is 2.28 bits per heavy atom. The molecular formula is C20H25F3IN3O2. The summed E-state index contributed by atoms with van der Waals surface area (Å²) >= 11 is 0. The molecule has 2 aromatic carbocycles. The maximum Gasteiger partial charge on any atom is 0.422 e. The molecule has 0 spiro atoms. The van der Waals surface area contributed by atoms with Crippen molar-refractivity contribution in [2.24, 2.45) is 4.99 Å². The summed E-state index contributed by atoms with van der Waals surface area (Å²) in [4.78, 5) is 4.12. The van der Waals surface area contributed by atoms with Crippen LogP contribution in [0.4, 0.5) is 13.2 Å². The van der Waals surface area contributed by atoms with Crippen molar-refractivity contribution in [1.29, 1.82) is 0 Å². The Hall–Kier alpha value is -2.01. The van der Waals surface area contributed by atoms with Gasteiger partial charge >= 0.3 is 6.18 Å². The number of guanidine groups is 1. The number of halogens is 4. The topological polar surface area (TPSA) is 54.9 Å². The number of aliphatic imine (C=N–C) groups is 1. The SMILES string of the molecule is CN=C(NCCOCc1ccccc1)NCc1ccc(OCC(F)(F)F)cc1.I. The number of hydrogen-bond acceptors (Lipinski definition) is 3. The lowest BCUT2D eigenvalue weighted by Crippen LogP contribution is -2.38. The van der Waals surface area contributed by atoms with Crippen molar-refractivity contribution in [1.82, 2.24) is 10.6 Å².